The number of para-hydroxylation sites is 1. The Morgan fingerprint density at radius 1 is 1.00 bits per heavy atom. The monoisotopic (exact) mass is 459 g/mol. The van der Waals surface area contributed by atoms with Crippen LogP contribution in [0.5, 0.6) is 0 Å². The first-order valence-corrected chi connectivity index (χ1v) is 11.7. The van der Waals surface area contributed by atoms with E-state index in [9.17, 15) is 28.1 Å². The van der Waals surface area contributed by atoms with Gasteiger partial charge < -0.3 is 4.90 Å². The van der Waals surface area contributed by atoms with Crippen LogP contribution >= 0.6 is 0 Å². The number of hydrogen-bond donors (Lipinski definition) is 0. The van der Waals surface area contributed by atoms with Crippen LogP contribution in [-0.4, -0.2) is 60.4 Å². The van der Waals surface area contributed by atoms with Crippen LogP contribution in [0.3, 0.4) is 0 Å². The number of amides is 1. The minimum absolute atomic E-state index is 0.0328. The van der Waals surface area contributed by atoms with Gasteiger partial charge in [0, 0.05) is 50.7 Å². The summed E-state index contributed by atoms with van der Waals surface area (Å²) in [6.45, 7) is 4.15. The highest BCUT2D eigenvalue weighted by atomic mass is 32.2. The van der Waals surface area contributed by atoms with Crippen molar-refractivity contribution < 1.29 is 22.9 Å². The SMILES string of the molecule is Cc1ccc(C)c(C(=O)CCC(=O)N2CCN(S(=O)(=O)c3ccccc3[N+](=O)[O-])CC2)c1. The minimum atomic E-state index is -4.06. The highest BCUT2D eigenvalue weighted by Gasteiger charge is 2.34. The van der Waals surface area contributed by atoms with Gasteiger partial charge in [-0.3, -0.25) is 19.7 Å². The molecule has 1 aliphatic heterocycles. The minimum Gasteiger partial charge on any atom is -0.340 e. The van der Waals surface area contributed by atoms with Crippen LogP contribution in [0.1, 0.15) is 34.3 Å². The number of nitrogens with zero attached hydrogens (tertiary/aromatic N) is 3. The van der Waals surface area contributed by atoms with Crippen LogP contribution in [0.2, 0.25) is 0 Å². The molecule has 32 heavy (non-hydrogen) atoms. The van der Waals surface area contributed by atoms with Crippen molar-refractivity contribution in [3.63, 3.8) is 0 Å². The second-order valence-corrected chi connectivity index (χ2v) is 9.66. The number of rotatable bonds is 7. The van der Waals surface area contributed by atoms with Crippen molar-refractivity contribution in [3.8, 4) is 0 Å². The predicted octanol–water partition coefficient (Wildman–Crippen LogP) is 2.71. The summed E-state index contributed by atoms with van der Waals surface area (Å²) in [6.07, 6.45) is 0.126. The van der Waals surface area contributed by atoms with Crippen LogP contribution < -0.4 is 0 Å². The molecular formula is C22H25N3O6S. The molecule has 9 nitrogen and oxygen atoms in total. The van der Waals surface area contributed by atoms with E-state index in [0.717, 1.165) is 21.5 Å². The number of sulfonamides is 1. The third kappa shape index (κ3) is 5.03. The van der Waals surface area contributed by atoms with Crippen molar-refractivity contribution in [1.82, 2.24) is 9.21 Å². The maximum atomic E-state index is 12.9. The molecule has 0 atom stereocenters. The number of nitro groups is 1. The number of hydrogen-bond acceptors (Lipinski definition) is 6. The maximum Gasteiger partial charge on any atom is 0.289 e. The molecule has 0 unspecified atom stereocenters. The number of piperazine rings is 1. The fourth-order valence-electron chi connectivity index (χ4n) is 3.69. The molecule has 1 heterocycles. The molecule has 3 rings (SSSR count). The van der Waals surface area contributed by atoms with Crippen LogP contribution in [0, 0.1) is 24.0 Å². The Kier molecular flexibility index (Phi) is 7.05. The van der Waals surface area contributed by atoms with E-state index in [1.54, 1.807) is 0 Å². The zero-order valence-electron chi connectivity index (χ0n) is 18.0. The third-order valence-corrected chi connectivity index (χ3v) is 7.48. The normalized spacial score (nSPS) is 14.9. The fraction of sp³-hybridized carbons (Fsp3) is 0.364. The zero-order valence-corrected chi connectivity index (χ0v) is 18.8. The Hall–Kier alpha value is -3.11. The van der Waals surface area contributed by atoms with Gasteiger partial charge in [-0.05, 0) is 31.5 Å². The molecular weight excluding hydrogens is 434 g/mol. The highest BCUT2D eigenvalue weighted by molar-refractivity contribution is 7.89. The lowest BCUT2D eigenvalue weighted by molar-refractivity contribution is -0.387. The first-order chi connectivity index (χ1) is 15.1. The maximum absolute atomic E-state index is 12.9. The number of Topliss-reactive ketones (excluding diaryl/α,β-unsaturated/α-hetero) is 1. The van der Waals surface area contributed by atoms with Crippen LogP contribution in [0.15, 0.2) is 47.4 Å². The number of carbonyl (C=O) groups excluding carboxylic acids is 2. The van der Waals surface area contributed by atoms with E-state index in [1.807, 2.05) is 32.0 Å². The van der Waals surface area contributed by atoms with E-state index in [2.05, 4.69) is 0 Å². The summed E-state index contributed by atoms with van der Waals surface area (Å²) >= 11 is 0. The molecule has 1 aliphatic rings. The third-order valence-electron chi connectivity index (χ3n) is 5.53. The van der Waals surface area contributed by atoms with Crippen molar-refractivity contribution in [2.75, 3.05) is 26.2 Å². The van der Waals surface area contributed by atoms with Gasteiger partial charge in [0.15, 0.2) is 10.7 Å². The van der Waals surface area contributed by atoms with E-state index in [-0.39, 0.29) is 55.6 Å². The lowest BCUT2D eigenvalue weighted by Crippen LogP contribution is -2.50. The molecule has 170 valence electrons. The molecule has 0 saturated carbocycles. The Morgan fingerprint density at radius 2 is 1.66 bits per heavy atom. The lowest BCUT2D eigenvalue weighted by atomic mass is 9.99. The van der Waals surface area contributed by atoms with Crippen LogP contribution in [-0.2, 0) is 14.8 Å². The van der Waals surface area contributed by atoms with E-state index >= 15 is 0 Å². The Balaban J connectivity index is 1.59. The first kappa shape index (κ1) is 23.6. The van der Waals surface area contributed by atoms with Crippen LogP contribution in [0.4, 0.5) is 5.69 Å². The van der Waals surface area contributed by atoms with Gasteiger partial charge in [0.05, 0.1) is 4.92 Å². The van der Waals surface area contributed by atoms with Gasteiger partial charge in [-0.15, -0.1) is 0 Å². The molecule has 1 fully saturated rings. The van der Waals surface area contributed by atoms with Crippen molar-refractivity contribution in [2.45, 2.75) is 31.6 Å². The molecule has 2 aromatic rings. The van der Waals surface area contributed by atoms with Crippen LogP contribution in [0.25, 0.3) is 0 Å². The summed E-state index contributed by atoms with van der Waals surface area (Å²) in [5.74, 6) is -0.316. The molecule has 0 radical (unpaired) electrons. The van der Waals surface area contributed by atoms with Gasteiger partial charge in [0.1, 0.15) is 0 Å². The van der Waals surface area contributed by atoms with E-state index < -0.39 is 20.6 Å². The number of carbonyl (C=O) groups is 2. The number of ketones is 1. The molecule has 0 bridgehead atoms. The molecule has 1 saturated heterocycles. The fourth-order valence-corrected chi connectivity index (χ4v) is 5.27. The molecule has 0 N–H and O–H groups in total. The first-order valence-electron chi connectivity index (χ1n) is 10.2. The standard InChI is InChI=1S/C22H25N3O6S/c1-16-7-8-17(2)18(15-16)20(26)9-10-22(27)23-11-13-24(14-12-23)32(30,31)21-6-4-3-5-19(21)25(28)29/h3-8,15H,9-14H2,1-2H3. The molecule has 1 amide bonds. The van der Waals surface area contributed by atoms with Crippen molar-refractivity contribution in [2.24, 2.45) is 0 Å². The van der Waals surface area contributed by atoms with Crippen molar-refractivity contribution in [1.29, 1.82) is 0 Å². The Labute approximate surface area is 186 Å². The van der Waals surface area contributed by atoms with Gasteiger partial charge in [0.25, 0.3) is 5.69 Å². The molecule has 0 spiro atoms. The van der Waals surface area contributed by atoms with Crippen molar-refractivity contribution in [3.05, 3.63) is 69.3 Å². The number of aryl methyl sites for hydroxylation is 2. The summed E-state index contributed by atoms with van der Waals surface area (Å²) in [4.78, 5) is 36.7. The van der Waals surface area contributed by atoms with Gasteiger partial charge in [-0.25, -0.2) is 8.42 Å². The molecule has 10 heteroatoms. The summed E-state index contributed by atoms with van der Waals surface area (Å²) in [5, 5.41) is 11.2. The van der Waals surface area contributed by atoms with E-state index in [4.69, 9.17) is 0 Å². The molecule has 0 aromatic heterocycles. The average molecular weight is 460 g/mol. The number of nitro benzene ring substituents is 1. The van der Waals surface area contributed by atoms with E-state index in [1.165, 1.54) is 23.1 Å². The largest absolute Gasteiger partial charge is 0.340 e. The second-order valence-electron chi connectivity index (χ2n) is 7.75. The summed E-state index contributed by atoms with van der Waals surface area (Å²) in [7, 11) is -4.06. The Bertz CT molecular complexity index is 1150. The van der Waals surface area contributed by atoms with Gasteiger partial charge in [-0.2, -0.15) is 4.31 Å². The smallest absolute Gasteiger partial charge is 0.289 e. The summed E-state index contributed by atoms with van der Waals surface area (Å²) in [5.41, 5.74) is 1.97. The summed E-state index contributed by atoms with van der Waals surface area (Å²) < 4.78 is 26.9. The van der Waals surface area contributed by atoms with E-state index in [0.29, 0.717) is 5.56 Å². The summed E-state index contributed by atoms with van der Waals surface area (Å²) in [6, 6.07) is 10.8. The predicted molar refractivity (Wildman–Crippen MR) is 118 cm³/mol. The Morgan fingerprint density at radius 3 is 2.31 bits per heavy atom. The van der Waals surface area contributed by atoms with Gasteiger partial charge >= 0.3 is 0 Å². The van der Waals surface area contributed by atoms with Gasteiger partial charge in [0.2, 0.25) is 15.9 Å². The molecule has 2 aromatic carbocycles. The lowest BCUT2D eigenvalue weighted by Gasteiger charge is -2.34. The topological polar surface area (TPSA) is 118 Å². The molecule has 0 aliphatic carbocycles. The average Bonchev–Trinajstić information content (AvgIpc) is 2.78. The van der Waals surface area contributed by atoms with Crippen molar-refractivity contribution >= 4 is 27.4 Å². The zero-order chi connectivity index (χ0) is 23.5. The quantitative estimate of drug-likeness (QED) is 0.357. The number of benzene rings is 2. The van der Waals surface area contributed by atoms with Gasteiger partial charge in [-0.1, -0.05) is 29.8 Å². The second kappa shape index (κ2) is 9.58. The highest BCUT2D eigenvalue weighted by Crippen LogP contribution is 2.27.